The van der Waals surface area contributed by atoms with Crippen molar-refractivity contribution < 1.29 is 4.79 Å². The molecule has 0 radical (unpaired) electrons. The van der Waals surface area contributed by atoms with Gasteiger partial charge in [-0.3, -0.25) is 4.79 Å². The van der Waals surface area contributed by atoms with Crippen molar-refractivity contribution >= 4 is 12.1 Å². The summed E-state index contributed by atoms with van der Waals surface area (Å²) in [6.07, 6.45) is 3.60. The summed E-state index contributed by atoms with van der Waals surface area (Å²) < 4.78 is 2.03. The van der Waals surface area contributed by atoms with Crippen LogP contribution in [0.5, 0.6) is 0 Å². The lowest BCUT2D eigenvalue weighted by Gasteiger charge is -2.09. The summed E-state index contributed by atoms with van der Waals surface area (Å²) in [4.78, 5) is 10.7. The highest BCUT2D eigenvalue weighted by Gasteiger charge is 2.03. The number of hydrogen-bond donors (Lipinski definition) is 1. The molecule has 0 saturated heterocycles. The summed E-state index contributed by atoms with van der Waals surface area (Å²) in [6.45, 7) is 3.49. The number of nitrogens with zero attached hydrogens (tertiary/aromatic N) is 2. The monoisotopic (exact) mass is 241 g/mol. The van der Waals surface area contributed by atoms with Crippen molar-refractivity contribution in [1.29, 1.82) is 0 Å². The molecule has 0 spiro atoms. The normalized spacial score (nSPS) is 10.8. The first kappa shape index (κ1) is 12.1. The number of carbonyl (C=O) groups excluding carboxylic acids is 1. The van der Waals surface area contributed by atoms with Gasteiger partial charge in [0.05, 0.1) is 11.9 Å². The second kappa shape index (κ2) is 5.31. The summed E-state index contributed by atoms with van der Waals surface area (Å²) >= 11 is 0. The lowest BCUT2D eigenvalue weighted by atomic mass is 10.2. The van der Waals surface area contributed by atoms with Crippen molar-refractivity contribution in [2.45, 2.75) is 13.8 Å². The lowest BCUT2D eigenvalue weighted by Crippen LogP contribution is -2.12. The predicted octanol–water partition coefficient (Wildman–Crippen LogP) is 2.26. The Morgan fingerprint density at radius 3 is 2.78 bits per heavy atom. The summed E-state index contributed by atoms with van der Waals surface area (Å²) in [7, 11) is 0. The molecule has 1 aromatic carbocycles. The molecule has 0 aliphatic carbocycles. The van der Waals surface area contributed by atoms with Crippen LogP contribution in [-0.4, -0.2) is 16.7 Å². The van der Waals surface area contributed by atoms with Gasteiger partial charge in [-0.1, -0.05) is 18.2 Å². The van der Waals surface area contributed by atoms with Crippen LogP contribution >= 0.6 is 0 Å². The minimum absolute atomic E-state index is 0.180. The molecule has 18 heavy (non-hydrogen) atoms. The summed E-state index contributed by atoms with van der Waals surface area (Å²) in [5.41, 5.74) is 5.60. The van der Waals surface area contributed by atoms with Gasteiger partial charge in [0.1, 0.15) is 0 Å². The Kier molecular flexibility index (Phi) is 3.57. The largest absolute Gasteiger partial charge is 0.315 e. The molecule has 1 aromatic heterocycles. The third-order valence-electron chi connectivity index (χ3n) is 2.57. The van der Waals surface area contributed by atoms with Gasteiger partial charge in [0.15, 0.2) is 0 Å². The highest BCUT2D eigenvalue weighted by atomic mass is 16.2. The molecule has 0 unspecified atom stereocenters. The fourth-order valence-electron chi connectivity index (χ4n) is 1.74. The maximum atomic E-state index is 10.7. The fourth-order valence-corrected chi connectivity index (χ4v) is 1.74. The van der Waals surface area contributed by atoms with Gasteiger partial charge in [-0.15, -0.1) is 0 Å². The van der Waals surface area contributed by atoms with Gasteiger partial charge in [0.2, 0.25) is 5.91 Å². The fraction of sp³-hybridized carbons (Fsp3) is 0.143. The Hall–Kier alpha value is -2.36. The van der Waals surface area contributed by atoms with Crippen molar-refractivity contribution in [3.8, 4) is 5.69 Å². The summed E-state index contributed by atoms with van der Waals surface area (Å²) in [6, 6.07) is 12.0. The number of hydrazone groups is 1. The van der Waals surface area contributed by atoms with Crippen LogP contribution in [0.2, 0.25) is 0 Å². The quantitative estimate of drug-likeness (QED) is 0.650. The maximum absolute atomic E-state index is 10.7. The first-order valence-electron chi connectivity index (χ1n) is 5.71. The van der Waals surface area contributed by atoms with E-state index in [1.807, 2.05) is 41.1 Å². The number of rotatable bonds is 3. The maximum Gasteiger partial charge on any atom is 0.236 e. The molecular weight excluding hydrogens is 226 g/mol. The van der Waals surface area contributed by atoms with Crippen LogP contribution in [-0.2, 0) is 4.79 Å². The van der Waals surface area contributed by atoms with Gasteiger partial charge in [0, 0.05) is 18.8 Å². The van der Waals surface area contributed by atoms with E-state index in [1.165, 1.54) is 12.5 Å². The van der Waals surface area contributed by atoms with E-state index in [4.69, 9.17) is 0 Å². The molecule has 1 heterocycles. The van der Waals surface area contributed by atoms with Crippen LogP contribution < -0.4 is 5.43 Å². The zero-order valence-electron chi connectivity index (χ0n) is 10.4. The predicted molar refractivity (Wildman–Crippen MR) is 71.9 cm³/mol. The second-order valence-electron chi connectivity index (χ2n) is 4.02. The number of benzene rings is 1. The highest BCUT2D eigenvalue weighted by molar-refractivity contribution is 5.81. The summed E-state index contributed by atoms with van der Waals surface area (Å²) in [5.74, 6) is -0.180. The standard InChI is InChI=1S/C14H15N3O/c1-11-6-3-4-8-14(11)17-9-5-7-13(17)10-15-16-12(2)18/h3-10H,1-2H3,(H,16,18)/b15-10-. The van der Waals surface area contributed by atoms with Gasteiger partial charge in [-0.2, -0.15) is 5.10 Å². The molecule has 92 valence electrons. The molecule has 2 aromatic rings. The Bertz CT molecular complexity index is 584. The highest BCUT2D eigenvalue weighted by Crippen LogP contribution is 2.15. The van der Waals surface area contributed by atoms with Crippen LogP contribution in [0.25, 0.3) is 5.69 Å². The number of amides is 1. The molecule has 0 aliphatic rings. The van der Waals surface area contributed by atoms with E-state index in [0.717, 1.165) is 11.4 Å². The van der Waals surface area contributed by atoms with Crippen LogP contribution in [0.15, 0.2) is 47.7 Å². The molecule has 0 atom stereocenters. The smallest absolute Gasteiger partial charge is 0.236 e. The van der Waals surface area contributed by atoms with Gasteiger partial charge in [0.25, 0.3) is 0 Å². The van der Waals surface area contributed by atoms with Crippen LogP contribution in [0.3, 0.4) is 0 Å². The Labute approximate surface area is 106 Å². The Balaban J connectivity index is 2.31. The number of aromatic nitrogens is 1. The van der Waals surface area contributed by atoms with Crippen molar-refractivity contribution in [1.82, 2.24) is 9.99 Å². The van der Waals surface area contributed by atoms with Gasteiger partial charge < -0.3 is 4.57 Å². The number of nitrogens with one attached hydrogen (secondary N) is 1. The van der Waals surface area contributed by atoms with E-state index in [0.29, 0.717) is 0 Å². The van der Waals surface area contributed by atoms with Gasteiger partial charge >= 0.3 is 0 Å². The van der Waals surface area contributed by atoms with Crippen LogP contribution in [0.4, 0.5) is 0 Å². The molecule has 1 N–H and O–H groups in total. The van der Waals surface area contributed by atoms with E-state index in [1.54, 1.807) is 6.21 Å². The molecule has 0 aliphatic heterocycles. The zero-order chi connectivity index (χ0) is 13.0. The van der Waals surface area contributed by atoms with Crippen molar-refractivity contribution in [3.05, 3.63) is 53.9 Å². The second-order valence-corrected chi connectivity index (χ2v) is 4.02. The number of para-hydroxylation sites is 1. The SMILES string of the molecule is CC(=O)N/N=C\c1cccn1-c1ccccc1C. The molecule has 4 nitrogen and oxygen atoms in total. The van der Waals surface area contributed by atoms with Crippen LogP contribution in [0.1, 0.15) is 18.2 Å². The molecule has 1 amide bonds. The molecule has 0 bridgehead atoms. The number of aryl methyl sites for hydroxylation is 1. The van der Waals surface area contributed by atoms with E-state index in [2.05, 4.69) is 23.5 Å². The topological polar surface area (TPSA) is 46.4 Å². The van der Waals surface area contributed by atoms with Crippen molar-refractivity contribution in [2.24, 2.45) is 5.10 Å². The third-order valence-corrected chi connectivity index (χ3v) is 2.57. The van der Waals surface area contributed by atoms with Crippen molar-refractivity contribution in [2.75, 3.05) is 0 Å². The summed E-state index contributed by atoms with van der Waals surface area (Å²) in [5, 5.41) is 3.88. The first-order valence-corrected chi connectivity index (χ1v) is 5.71. The van der Waals surface area contributed by atoms with Crippen molar-refractivity contribution in [3.63, 3.8) is 0 Å². The van der Waals surface area contributed by atoms with E-state index < -0.39 is 0 Å². The Morgan fingerprint density at radius 2 is 2.06 bits per heavy atom. The molecular formula is C14H15N3O. The van der Waals surface area contributed by atoms with E-state index >= 15 is 0 Å². The Morgan fingerprint density at radius 1 is 1.28 bits per heavy atom. The van der Waals surface area contributed by atoms with Crippen LogP contribution in [0, 0.1) is 6.92 Å². The molecule has 0 fully saturated rings. The third kappa shape index (κ3) is 2.66. The number of hydrogen-bond acceptors (Lipinski definition) is 2. The molecule has 2 rings (SSSR count). The number of carbonyl (C=O) groups is 1. The molecule has 0 saturated carbocycles. The van der Waals surface area contributed by atoms with E-state index in [9.17, 15) is 4.79 Å². The van der Waals surface area contributed by atoms with Gasteiger partial charge in [-0.25, -0.2) is 5.43 Å². The van der Waals surface area contributed by atoms with E-state index in [-0.39, 0.29) is 5.91 Å². The molecule has 4 heteroatoms. The lowest BCUT2D eigenvalue weighted by molar-refractivity contribution is -0.118. The minimum atomic E-state index is -0.180. The average Bonchev–Trinajstić information content (AvgIpc) is 2.77. The first-order chi connectivity index (χ1) is 8.68. The average molecular weight is 241 g/mol. The zero-order valence-corrected chi connectivity index (χ0v) is 10.4. The minimum Gasteiger partial charge on any atom is -0.315 e. The van der Waals surface area contributed by atoms with Gasteiger partial charge in [-0.05, 0) is 30.7 Å².